The van der Waals surface area contributed by atoms with E-state index >= 15 is 0 Å². The monoisotopic (exact) mass is 337 g/mol. The number of piperidine rings is 1. The zero-order valence-corrected chi connectivity index (χ0v) is 15.1. The fraction of sp³-hybridized carbons (Fsp3) is 0.429. The van der Waals surface area contributed by atoms with Crippen molar-refractivity contribution in [3.8, 4) is 0 Å². The van der Waals surface area contributed by atoms with E-state index in [0.29, 0.717) is 5.92 Å². The predicted octanol–water partition coefficient (Wildman–Crippen LogP) is 4.52. The van der Waals surface area contributed by atoms with Gasteiger partial charge in [-0.1, -0.05) is 38.1 Å². The van der Waals surface area contributed by atoms with Crippen LogP contribution in [-0.2, 0) is 0 Å². The highest BCUT2D eigenvalue weighted by molar-refractivity contribution is 5.94. The van der Waals surface area contributed by atoms with E-state index < -0.39 is 0 Å². The molecule has 2 heterocycles. The maximum Gasteiger partial charge on any atom is 0.254 e. The number of aromatic nitrogens is 1. The number of carbonyl (C=O) groups excluding carboxylic acids is 1. The van der Waals surface area contributed by atoms with Crippen LogP contribution in [0.25, 0.3) is 0 Å². The number of anilines is 1. The molecule has 132 valence electrons. The summed E-state index contributed by atoms with van der Waals surface area (Å²) in [4.78, 5) is 19.5. The molecule has 1 aliphatic heterocycles. The minimum atomic E-state index is 0.118. The summed E-state index contributed by atoms with van der Waals surface area (Å²) in [5, 5.41) is 3.34. The van der Waals surface area contributed by atoms with Gasteiger partial charge in [-0.2, -0.15) is 0 Å². The molecule has 0 bridgehead atoms. The van der Waals surface area contributed by atoms with Gasteiger partial charge in [-0.25, -0.2) is 4.98 Å². The minimum absolute atomic E-state index is 0.118. The van der Waals surface area contributed by atoms with Crippen molar-refractivity contribution in [2.24, 2.45) is 5.92 Å². The van der Waals surface area contributed by atoms with Crippen molar-refractivity contribution >= 4 is 11.7 Å². The molecule has 1 aromatic heterocycles. The van der Waals surface area contributed by atoms with E-state index in [1.165, 1.54) is 0 Å². The summed E-state index contributed by atoms with van der Waals surface area (Å²) in [5.41, 5.74) is 1.89. The molecular weight excluding hydrogens is 310 g/mol. The Morgan fingerprint density at radius 1 is 1.20 bits per heavy atom. The number of hydrogen-bond acceptors (Lipinski definition) is 3. The van der Waals surface area contributed by atoms with Crippen molar-refractivity contribution in [2.45, 2.75) is 39.2 Å². The molecule has 1 saturated heterocycles. The van der Waals surface area contributed by atoms with E-state index in [-0.39, 0.29) is 11.9 Å². The first-order valence-corrected chi connectivity index (χ1v) is 9.21. The van der Waals surface area contributed by atoms with Gasteiger partial charge in [0.25, 0.3) is 5.91 Å². The third-order valence-electron chi connectivity index (χ3n) is 4.65. The van der Waals surface area contributed by atoms with Gasteiger partial charge in [-0.15, -0.1) is 0 Å². The van der Waals surface area contributed by atoms with Gasteiger partial charge in [0, 0.05) is 24.8 Å². The van der Waals surface area contributed by atoms with Gasteiger partial charge in [-0.05, 0) is 48.9 Å². The molecular formula is C21H27N3O. The van der Waals surface area contributed by atoms with E-state index in [2.05, 4.69) is 30.2 Å². The van der Waals surface area contributed by atoms with E-state index in [1.54, 1.807) is 0 Å². The van der Waals surface area contributed by atoms with Crippen LogP contribution < -0.4 is 5.32 Å². The van der Waals surface area contributed by atoms with Crippen LogP contribution in [-0.4, -0.2) is 28.9 Å². The highest BCUT2D eigenvalue weighted by Gasteiger charge is 2.28. The average molecular weight is 337 g/mol. The lowest BCUT2D eigenvalue weighted by Gasteiger charge is -2.36. The lowest BCUT2D eigenvalue weighted by atomic mass is 9.95. The van der Waals surface area contributed by atoms with Crippen molar-refractivity contribution in [3.63, 3.8) is 0 Å². The molecule has 25 heavy (non-hydrogen) atoms. The molecule has 1 fully saturated rings. The van der Waals surface area contributed by atoms with E-state index in [4.69, 9.17) is 0 Å². The highest BCUT2D eigenvalue weighted by atomic mass is 16.2. The molecule has 1 atom stereocenters. The number of hydrogen-bond donors (Lipinski definition) is 1. The lowest BCUT2D eigenvalue weighted by molar-refractivity contribution is 0.0611. The number of nitrogens with zero attached hydrogens (tertiary/aromatic N) is 2. The maximum atomic E-state index is 12.9. The van der Waals surface area contributed by atoms with Gasteiger partial charge < -0.3 is 10.2 Å². The number of likely N-dealkylation sites (tertiary alicyclic amines) is 1. The number of nitrogens with one attached hydrogen (secondary N) is 1. The molecule has 1 N–H and O–H groups in total. The first kappa shape index (κ1) is 17.5. The molecule has 1 amide bonds. The van der Waals surface area contributed by atoms with Crippen LogP contribution in [0.2, 0.25) is 0 Å². The van der Waals surface area contributed by atoms with Gasteiger partial charge in [-0.3, -0.25) is 4.79 Å². The van der Waals surface area contributed by atoms with Crippen LogP contribution in [0, 0.1) is 5.92 Å². The molecule has 1 aromatic carbocycles. The second kappa shape index (κ2) is 8.15. The molecule has 4 nitrogen and oxygen atoms in total. The summed E-state index contributed by atoms with van der Waals surface area (Å²) in [6.45, 7) is 6.08. The molecule has 0 radical (unpaired) electrons. The Kier molecular flexibility index (Phi) is 5.69. The fourth-order valence-electron chi connectivity index (χ4n) is 3.28. The van der Waals surface area contributed by atoms with Gasteiger partial charge in [0.15, 0.2) is 0 Å². The van der Waals surface area contributed by atoms with Crippen molar-refractivity contribution in [1.29, 1.82) is 0 Å². The minimum Gasteiger partial charge on any atom is -0.370 e. The largest absolute Gasteiger partial charge is 0.370 e. The predicted molar refractivity (Wildman–Crippen MR) is 102 cm³/mol. The number of benzene rings is 1. The van der Waals surface area contributed by atoms with Crippen molar-refractivity contribution in [3.05, 3.63) is 59.8 Å². The Labute approximate surface area is 150 Å². The summed E-state index contributed by atoms with van der Waals surface area (Å²) >= 11 is 0. The number of amides is 1. The third kappa shape index (κ3) is 4.38. The molecule has 0 unspecified atom stereocenters. The zero-order chi connectivity index (χ0) is 17.6. The maximum absolute atomic E-state index is 12.9. The Morgan fingerprint density at radius 2 is 2.00 bits per heavy atom. The first-order valence-electron chi connectivity index (χ1n) is 9.21. The summed E-state index contributed by atoms with van der Waals surface area (Å²) in [6, 6.07) is 13.8. The summed E-state index contributed by atoms with van der Waals surface area (Å²) < 4.78 is 0. The standard InChI is InChI=1S/C21H27N3O/c1-16(2)14-22-20-12-11-18(15-23-20)19-10-6-7-13-24(19)21(25)17-8-4-3-5-9-17/h3-5,8-9,11-12,15-16,19H,6-7,10,13-14H2,1-2H3,(H,22,23)/t19-/m0/s1. The Morgan fingerprint density at radius 3 is 2.68 bits per heavy atom. The molecule has 3 rings (SSSR count). The van der Waals surface area contributed by atoms with Crippen molar-refractivity contribution in [1.82, 2.24) is 9.88 Å². The quantitative estimate of drug-likeness (QED) is 0.872. The number of pyridine rings is 1. The van der Waals surface area contributed by atoms with E-state index in [1.807, 2.05) is 47.5 Å². The third-order valence-corrected chi connectivity index (χ3v) is 4.65. The smallest absolute Gasteiger partial charge is 0.254 e. The molecule has 4 heteroatoms. The Balaban J connectivity index is 1.75. The van der Waals surface area contributed by atoms with Crippen molar-refractivity contribution < 1.29 is 4.79 Å². The summed E-state index contributed by atoms with van der Waals surface area (Å²) in [5.74, 6) is 1.60. The molecule has 1 aliphatic rings. The van der Waals surface area contributed by atoms with Gasteiger partial charge in [0.05, 0.1) is 6.04 Å². The zero-order valence-electron chi connectivity index (χ0n) is 15.1. The Hall–Kier alpha value is -2.36. The van der Waals surface area contributed by atoms with Gasteiger partial charge in [0.1, 0.15) is 5.82 Å². The number of rotatable bonds is 5. The normalized spacial score (nSPS) is 17.6. The molecule has 2 aromatic rings. The number of carbonyl (C=O) groups is 1. The Bertz CT molecular complexity index is 682. The second-order valence-corrected chi connectivity index (χ2v) is 7.13. The van der Waals surface area contributed by atoms with Crippen LogP contribution in [0.1, 0.15) is 55.1 Å². The first-order chi connectivity index (χ1) is 12.1. The molecule has 0 saturated carbocycles. The molecule has 0 aliphatic carbocycles. The van der Waals surface area contributed by atoms with Crippen LogP contribution in [0.3, 0.4) is 0 Å². The summed E-state index contributed by atoms with van der Waals surface area (Å²) in [7, 11) is 0. The topological polar surface area (TPSA) is 45.2 Å². The van der Waals surface area contributed by atoms with Crippen molar-refractivity contribution in [2.75, 3.05) is 18.4 Å². The SMILES string of the molecule is CC(C)CNc1ccc([C@@H]2CCCCN2C(=O)c2ccccc2)cn1. The van der Waals surface area contributed by atoms with E-state index in [9.17, 15) is 4.79 Å². The fourth-order valence-corrected chi connectivity index (χ4v) is 3.28. The average Bonchev–Trinajstić information content (AvgIpc) is 2.67. The summed E-state index contributed by atoms with van der Waals surface area (Å²) in [6.07, 6.45) is 5.13. The van der Waals surface area contributed by atoms with Crippen LogP contribution in [0.5, 0.6) is 0 Å². The molecule has 0 spiro atoms. The van der Waals surface area contributed by atoms with E-state index in [0.717, 1.165) is 49.3 Å². The van der Waals surface area contributed by atoms with Crippen LogP contribution in [0.4, 0.5) is 5.82 Å². The lowest BCUT2D eigenvalue weighted by Crippen LogP contribution is -2.38. The van der Waals surface area contributed by atoms with Gasteiger partial charge in [0.2, 0.25) is 0 Å². The van der Waals surface area contributed by atoms with Gasteiger partial charge >= 0.3 is 0 Å². The highest BCUT2D eigenvalue weighted by Crippen LogP contribution is 2.32. The second-order valence-electron chi connectivity index (χ2n) is 7.13. The van der Waals surface area contributed by atoms with Crippen LogP contribution in [0.15, 0.2) is 48.7 Å². The van der Waals surface area contributed by atoms with Crippen LogP contribution >= 0.6 is 0 Å².